The minimum atomic E-state index is -2.50. The average Bonchev–Trinajstić information content (AvgIpc) is 2.08. The Bertz CT molecular complexity index is 297. The van der Waals surface area contributed by atoms with Crippen molar-refractivity contribution in [2.45, 2.75) is 26.3 Å². The number of halogens is 2. The van der Waals surface area contributed by atoms with E-state index < -0.39 is 12.5 Å². The first-order valence-electron chi connectivity index (χ1n) is 4.14. The summed E-state index contributed by atoms with van der Waals surface area (Å²) in [5.41, 5.74) is 7.75. The molecule has 72 valence electrons. The molecule has 0 fully saturated rings. The number of rotatable bonds is 2. The first-order valence-corrected chi connectivity index (χ1v) is 4.14. The third-order valence-electron chi connectivity index (χ3n) is 2.28. The monoisotopic (exact) mass is 185 g/mol. The summed E-state index contributed by atoms with van der Waals surface area (Å²) in [5, 5.41) is 0. The van der Waals surface area contributed by atoms with Gasteiger partial charge in [-0.2, -0.15) is 0 Å². The fourth-order valence-electron chi connectivity index (χ4n) is 1.27. The maximum absolute atomic E-state index is 12.3. The molecule has 0 bridgehead atoms. The predicted molar refractivity (Wildman–Crippen MR) is 48.8 cm³/mol. The van der Waals surface area contributed by atoms with Gasteiger partial charge in [-0.3, -0.25) is 0 Å². The number of hydrogen-bond acceptors (Lipinski definition) is 1. The molecule has 0 aliphatic heterocycles. The quantitative estimate of drug-likeness (QED) is 0.752. The van der Waals surface area contributed by atoms with Crippen LogP contribution in [0.25, 0.3) is 0 Å². The third-order valence-corrected chi connectivity index (χ3v) is 2.28. The summed E-state index contributed by atoms with van der Waals surface area (Å²) in [6.07, 6.45) is -2.50. The van der Waals surface area contributed by atoms with Gasteiger partial charge in [0, 0.05) is 0 Å². The van der Waals surface area contributed by atoms with E-state index in [0.29, 0.717) is 5.56 Å². The van der Waals surface area contributed by atoms with Gasteiger partial charge in [0.15, 0.2) is 0 Å². The molecule has 0 aliphatic rings. The molecule has 13 heavy (non-hydrogen) atoms. The minimum absolute atomic E-state index is 0.537. The van der Waals surface area contributed by atoms with E-state index in [2.05, 4.69) is 0 Å². The number of nitrogens with two attached hydrogens (primary N) is 1. The molecule has 1 aromatic rings. The maximum atomic E-state index is 12.3. The molecule has 0 spiro atoms. The third kappa shape index (κ3) is 2.04. The van der Waals surface area contributed by atoms with Gasteiger partial charge in [-0.05, 0) is 30.5 Å². The lowest BCUT2D eigenvalue weighted by atomic mass is 9.98. The van der Waals surface area contributed by atoms with Crippen LogP contribution >= 0.6 is 0 Å². The van der Waals surface area contributed by atoms with E-state index in [9.17, 15) is 8.78 Å². The van der Waals surface area contributed by atoms with E-state index in [4.69, 9.17) is 5.73 Å². The molecule has 1 aromatic carbocycles. The van der Waals surface area contributed by atoms with E-state index in [1.54, 1.807) is 12.1 Å². The summed E-state index contributed by atoms with van der Waals surface area (Å²) in [6, 6.07) is 4.12. The van der Waals surface area contributed by atoms with Gasteiger partial charge in [-0.25, -0.2) is 8.78 Å². The first kappa shape index (κ1) is 10.1. The van der Waals surface area contributed by atoms with E-state index >= 15 is 0 Å². The Morgan fingerprint density at radius 1 is 1.23 bits per heavy atom. The highest BCUT2D eigenvalue weighted by Gasteiger charge is 2.19. The lowest BCUT2D eigenvalue weighted by molar-refractivity contribution is 0.116. The van der Waals surface area contributed by atoms with Gasteiger partial charge in [0.2, 0.25) is 0 Å². The van der Waals surface area contributed by atoms with Crippen LogP contribution in [0.15, 0.2) is 18.2 Å². The Hall–Kier alpha value is -0.960. The molecular formula is C10H13F2N. The Balaban J connectivity index is 3.07. The molecule has 0 radical (unpaired) electrons. The number of hydrogen-bond donors (Lipinski definition) is 1. The summed E-state index contributed by atoms with van der Waals surface area (Å²) >= 11 is 0. The Kier molecular flexibility index (Phi) is 2.98. The van der Waals surface area contributed by atoms with Gasteiger partial charge < -0.3 is 5.73 Å². The smallest absolute Gasteiger partial charge is 0.257 e. The minimum Gasteiger partial charge on any atom is -0.319 e. The second-order valence-corrected chi connectivity index (χ2v) is 3.15. The fraction of sp³-hybridized carbons (Fsp3) is 0.400. The Labute approximate surface area is 76.6 Å². The van der Waals surface area contributed by atoms with E-state index in [1.807, 2.05) is 19.9 Å². The van der Waals surface area contributed by atoms with Crippen molar-refractivity contribution in [2.24, 2.45) is 5.73 Å². The summed E-state index contributed by atoms with van der Waals surface area (Å²) in [5.74, 6) is 0. The molecule has 0 saturated carbocycles. The summed E-state index contributed by atoms with van der Waals surface area (Å²) < 4.78 is 24.6. The number of alkyl halides is 2. The van der Waals surface area contributed by atoms with E-state index in [1.165, 1.54) is 0 Å². The van der Waals surface area contributed by atoms with Crippen molar-refractivity contribution in [3.8, 4) is 0 Å². The van der Waals surface area contributed by atoms with Crippen LogP contribution in [0.5, 0.6) is 0 Å². The lowest BCUT2D eigenvalue weighted by Crippen LogP contribution is -2.20. The molecule has 1 atom stereocenters. The second-order valence-electron chi connectivity index (χ2n) is 3.15. The van der Waals surface area contributed by atoms with E-state index in [-0.39, 0.29) is 0 Å². The summed E-state index contributed by atoms with van der Waals surface area (Å²) in [4.78, 5) is 0. The maximum Gasteiger partial charge on any atom is 0.257 e. The molecule has 0 aromatic heterocycles. The molecule has 0 amide bonds. The molecule has 0 aliphatic carbocycles. The van der Waals surface area contributed by atoms with Gasteiger partial charge in [-0.15, -0.1) is 0 Å². The van der Waals surface area contributed by atoms with Crippen LogP contribution < -0.4 is 5.73 Å². The largest absolute Gasteiger partial charge is 0.319 e. The highest BCUT2D eigenvalue weighted by molar-refractivity contribution is 5.35. The molecule has 3 heteroatoms. The summed E-state index contributed by atoms with van der Waals surface area (Å²) in [6.45, 7) is 3.70. The first-order chi connectivity index (χ1) is 6.04. The van der Waals surface area contributed by atoms with Gasteiger partial charge >= 0.3 is 0 Å². The van der Waals surface area contributed by atoms with Gasteiger partial charge in [-0.1, -0.05) is 18.2 Å². The van der Waals surface area contributed by atoms with Crippen LogP contribution in [-0.2, 0) is 0 Å². The SMILES string of the molecule is Cc1cccc([C@@H](N)C(F)F)c1C. The molecule has 1 rings (SSSR count). The highest BCUT2D eigenvalue weighted by atomic mass is 19.3. The summed E-state index contributed by atoms with van der Waals surface area (Å²) in [7, 11) is 0. The van der Waals surface area contributed by atoms with Crippen LogP contribution in [0.1, 0.15) is 22.7 Å². The molecule has 1 nitrogen and oxygen atoms in total. The molecule has 2 N–H and O–H groups in total. The molecule has 0 saturated heterocycles. The lowest BCUT2D eigenvalue weighted by Gasteiger charge is -2.14. The molecule has 0 heterocycles. The van der Waals surface area contributed by atoms with Crippen molar-refractivity contribution >= 4 is 0 Å². The standard InChI is InChI=1S/C10H13F2N/c1-6-4-3-5-8(7(6)2)9(13)10(11)12/h3-5,9-10H,13H2,1-2H3/t9-/m1/s1. The zero-order chi connectivity index (χ0) is 10.0. The number of benzene rings is 1. The van der Waals surface area contributed by atoms with Gasteiger partial charge in [0.05, 0.1) is 6.04 Å². The van der Waals surface area contributed by atoms with Gasteiger partial charge in [0.1, 0.15) is 0 Å². The fourth-order valence-corrected chi connectivity index (χ4v) is 1.27. The van der Waals surface area contributed by atoms with Gasteiger partial charge in [0.25, 0.3) is 6.43 Å². The highest BCUT2D eigenvalue weighted by Crippen LogP contribution is 2.23. The normalized spacial score (nSPS) is 13.4. The van der Waals surface area contributed by atoms with E-state index in [0.717, 1.165) is 11.1 Å². The van der Waals surface area contributed by atoms with Crippen molar-refractivity contribution in [3.63, 3.8) is 0 Å². The van der Waals surface area contributed by atoms with Crippen LogP contribution in [0, 0.1) is 13.8 Å². The molecule has 0 unspecified atom stereocenters. The van der Waals surface area contributed by atoms with Crippen molar-refractivity contribution < 1.29 is 8.78 Å². The zero-order valence-electron chi connectivity index (χ0n) is 7.72. The Morgan fingerprint density at radius 3 is 2.38 bits per heavy atom. The van der Waals surface area contributed by atoms with Crippen LogP contribution in [0.3, 0.4) is 0 Å². The molecular weight excluding hydrogens is 172 g/mol. The van der Waals surface area contributed by atoms with Crippen molar-refractivity contribution in [1.82, 2.24) is 0 Å². The Morgan fingerprint density at radius 2 is 1.85 bits per heavy atom. The second kappa shape index (κ2) is 3.83. The van der Waals surface area contributed by atoms with Crippen molar-refractivity contribution in [2.75, 3.05) is 0 Å². The topological polar surface area (TPSA) is 26.0 Å². The van der Waals surface area contributed by atoms with Crippen LogP contribution in [-0.4, -0.2) is 6.43 Å². The number of aryl methyl sites for hydroxylation is 1. The van der Waals surface area contributed by atoms with Crippen molar-refractivity contribution in [3.05, 3.63) is 34.9 Å². The zero-order valence-corrected chi connectivity index (χ0v) is 7.72. The predicted octanol–water partition coefficient (Wildman–Crippen LogP) is 2.57. The average molecular weight is 185 g/mol. The van der Waals surface area contributed by atoms with Crippen LogP contribution in [0.4, 0.5) is 8.78 Å². The van der Waals surface area contributed by atoms with Crippen LogP contribution in [0.2, 0.25) is 0 Å². The van der Waals surface area contributed by atoms with Crippen molar-refractivity contribution in [1.29, 1.82) is 0 Å².